The minimum Gasteiger partial charge on any atom is -0.462 e. The van der Waals surface area contributed by atoms with Crippen LogP contribution in [0.25, 0.3) is 0 Å². The minimum atomic E-state index is -0.764. The third kappa shape index (κ3) is 41.3. The molecule has 0 amide bonds. The van der Waals surface area contributed by atoms with Gasteiger partial charge in [0.1, 0.15) is 13.2 Å². The summed E-state index contributed by atoms with van der Waals surface area (Å²) in [6.07, 6.45) is 46.7. The van der Waals surface area contributed by atoms with Crippen molar-refractivity contribution >= 4 is 17.9 Å². The molecule has 0 aliphatic carbocycles. The zero-order valence-electron chi connectivity index (χ0n) is 36.3. The molecule has 0 fully saturated rings. The molecule has 0 rings (SSSR count). The van der Waals surface area contributed by atoms with Crippen LogP contribution in [0.5, 0.6) is 0 Å². The average Bonchev–Trinajstić information content (AvgIpc) is 3.17. The quantitative estimate of drug-likeness (QED) is 0.0266. The molecule has 54 heavy (non-hydrogen) atoms. The fourth-order valence-electron chi connectivity index (χ4n) is 6.92. The number of rotatable bonds is 43. The van der Waals surface area contributed by atoms with Crippen molar-refractivity contribution in [2.75, 3.05) is 13.2 Å². The standard InChI is InChI=1S/C48H90O6/c1-4-7-10-13-15-17-19-20-21-22-23-24-25-26-27-28-29-31-32-35-38-41-47(50)53-44-45(43-52-46(49)40-37-34-12-9-6-3)54-48(51)42-39-36-33-30-18-16-14-11-8-5-2/h11,14,45H,4-10,12-13,15-44H2,1-3H3/b14-11-. The van der Waals surface area contributed by atoms with Gasteiger partial charge in [0.2, 0.25) is 0 Å². The van der Waals surface area contributed by atoms with Gasteiger partial charge in [0.15, 0.2) is 6.10 Å². The van der Waals surface area contributed by atoms with Crippen LogP contribution >= 0.6 is 0 Å². The first-order chi connectivity index (χ1) is 26.5. The lowest BCUT2D eigenvalue weighted by molar-refractivity contribution is -0.167. The van der Waals surface area contributed by atoms with E-state index in [1.807, 2.05) is 0 Å². The largest absolute Gasteiger partial charge is 0.462 e. The third-order valence-corrected chi connectivity index (χ3v) is 10.5. The molecule has 0 heterocycles. The minimum absolute atomic E-state index is 0.0703. The van der Waals surface area contributed by atoms with E-state index in [9.17, 15) is 14.4 Å². The van der Waals surface area contributed by atoms with Crippen LogP contribution in [0.1, 0.15) is 258 Å². The zero-order chi connectivity index (χ0) is 39.4. The van der Waals surface area contributed by atoms with Crippen molar-refractivity contribution in [2.24, 2.45) is 0 Å². The maximum atomic E-state index is 12.6. The Balaban J connectivity index is 4.04. The van der Waals surface area contributed by atoms with Crippen LogP contribution in [-0.2, 0) is 28.6 Å². The van der Waals surface area contributed by atoms with Gasteiger partial charge in [-0.1, -0.05) is 213 Å². The number of esters is 3. The van der Waals surface area contributed by atoms with Gasteiger partial charge in [-0.3, -0.25) is 14.4 Å². The molecular weight excluding hydrogens is 673 g/mol. The summed E-state index contributed by atoms with van der Waals surface area (Å²) in [5, 5.41) is 0. The molecule has 0 spiro atoms. The molecule has 0 saturated heterocycles. The second-order valence-electron chi connectivity index (χ2n) is 16.0. The Labute approximate surface area is 335 Å². The molecule has 6 heteroatoms. The maximum Gasteiger partial charge on any atom is 0.306 e. The Bertz CT molecular complexity index is 839. The van der Waals surface area contributed by atoms with E-state index in [-0.39, 0.29) is 31.1 Å². The van der Waals surface area contributed by atoms with Crippen LogP contribution < -0.4 is 0 Å². The predicted molar refractivity (Wildman–Crippen MR) is 229 cm³/mol. The topological polar surface area (TPSA) is 78.9 Å². The van der Waals surface area contributed by atoms with Crippen molar-refractivity contribution in [1.29, 1.82) is 0 Å². The molecule has 0 aromatic carbocycles. The summed E-state index contributed by atoms with van der Waals surface area (Å²) in [5.41, 5.74) is 0. The van der Waals surface area contributed by atoms with Crippen molar-refractivity contribution in [3.8, 4) is 0 Å². The SMILES string of the molecule is CCC/C=C\CCCCCCCC(=O)OC(COC(=O)CCCCCCC)COC(=O)CCCCCCCCCCCCCCCCCCCCCCC. The monoisotopic (exact) mass is 763 g/mol. The van der Waals surface area contributed by atoms with Gasteiger partial charge in [0.05, 0.1) is 0 Å². The summed E-state index contributed by atoms with van der Waals surface area (Å²) in [5.74, 6) is -0.887. The van der Waals surface area contributed by atoms with Crippen LogP contribution in [0.4, 0.5) is 0 Å². The number of allylic oxidation sites excluding steroid dienone is 2. The van der Waals surface area contributed by atoms with Gasteiger partial charge in [-0.05, 0) is 38.5 Å². The molecule has 0 aromatic rings. The second-order valence-corrected chi connectivity index (χ2v) is 16.0. The van der Waals surface area contributed by atoms with E-state index in [4.69, 9.17) is 14.2 Å². The summed E-state index contributed by atoms with van der Waals surface area (Å²) in [4.78, 5) is 37.4. The Morgan fingerprint density at radius 3 is 1.00 bits per heavy atom. The van der Waals surface area contributed by atoms with E-state index in [1.54, 1.807) is 0 Å². The summed E-state index contributed by atoms with van der Waals surface area (Å²) < 4.78 is 16.6. The Morgan fingerprint density at radius 1 is 0.352 bits per heavy atom. The van der Waals surface area contributed by atoms with Gasteiger partial charge in [-0.2, -0.15) is 0 Å². The first-order valence-electron chi connectivity index (χ1n) is 23.7. The van der Waals surface area contributed by atoms with Gasteiger partial charge in [-0.15, -0.1) is 0 Å². The maximum absolute atomic E-state index is 12.6. The fourth-order valence-corrected chi connectivity index (χ4v) is 6.92. The van der Waals surface area contributed by atoms with E-state index in [1.165, 1.54) is 135 Å². The Hall–Kier alpha value is -1.85. The summed E-state index contributed by atoms with van der Waals surface area (Å²) in [6.45, 7) is 6.50. The van der Waals surface area contributed by atoms with Crippen LogP contribution in [0.3, 0.4) is 0 Å². The molecule has 318 valence electrons. The van der Waals surface area contributed by atoms with Gasteiger partial charge in [-0.25, -0.2) is 0 Å². The molecule has 0 saturated carbocycles. The highest BCUT2D eigenvalue weighted by molar-refractivity contribution is 5.71. The van der Waals surface area contributed by atoms with Gasteiger partial charge in [0.25, 0.3) is 0 Å². The summed E-state index contributed by atoms with van der Waals surface area (Å²) in [6, 6.07) is 0. The number of carbonyl (C=O) groups is 3. The van der Waals surface area contributed by atoms with Crippen LogP contribution in [0.15, 0.2) is 12.2 Å². The molecular formula is C48H90O6. The lowest BCUT2D eigenvalue weighted by atomic mass is 10.0. The normalized spacial score (nSPS) is 12.0. The molecule has 0 aromatic heterocycles. The molecule has 0 N–H and O–H groups in total. The summed E-state index contributed by atoms with van der Waals surface area (Å²) >= 11 is 0. The van der Waals surface area contributed by atoms with Crippen molar-refractivity contribution in [2.45, 2.75) is 264 Å². The van der Waals surface area contributed by atoms with Gasteiger partial charge >= 0.3 is 17.9 Å². The highest BCUT2D eigenvalue weighted by Crippen LogP contribution is 2.16. The molecule has 0 radical (unpaired) electrons. The average molecular weight is 763 g/mol. The van der Waals surface area contributed by atoms with E-state index < -0.39 is 6.10 Å². The zero-order valence-corrected chi connectivity index (χ0v) is 36.3. The summed E-state index contributed by atoms with van der Waals surface area (Å²) in [7, 11) is 0. The Kier molecular flexibility index (Phi) is 42.4. The molecule has 1 atom stereocenters. The number of hydrogen-bond acceptors (Lipinski definition) is 6. The van der Waals surface area contributed by atoms with Gasteiger partial charge in [0, 0.05) is 19.3 Å². The van der Waals surface area contributed by atoms with Gasteiger partial charge < -0.3 is 14.2 Å². The third-order valence-electron chi connectivity index (χ3n) is 10.5. The van der Waals surface area contributed by atoms with Crippen molar-refractivity contribution in [3.05, 3.63) is 12.2 Å². The van der Waals surface area contributed by atoms with Crippen LogP contribution in [0.2, 0.25) is 0 Å². The van der Waals surface area contributed by atoms with Crippen molar-refractivity contribution < 1.29 is 28.6 Å². The fraction of sp³-hybridized carbons (Fsp3) is 0.896. The number of hydrogen-bond donors (Lipinski definition) is 0. The van der Waals surface area contributed by atoms with E-state index in [0.29, 0.717) is 19.3 Å². The molecule has 0 aliphatic rings. The smallest absolute Gasteiger partial charge is 0.306 e. The van der Waals surface area contributed by atoms with Crippen molar-refractivity contribution in [1.82, 2.24) is 0 Å². The number of unbranched alkanes of at least 4 members (excludes halogenated alkanes) is 30. The molecule has 0 aliphatic heterocycles. The van der Waals surface area contributed by atoms with Crippen LogP contribution in [0, 0.1) is 0 Å². The van der Waals surface area contributed by atoms with E-state index in [0.717, 1.165) is 83.5 Å². The first kappa shape index (κ1) is 52.2. The second kappa shape index (κ2) is 43.9. The predicted octanol–water partition coefficient (Wildman–Crippen LogP) is 15.0. The van der Waals surface area contributed by atoms with Crippen molar-refractivity contribution in [3.63, 3.8) is 0 Å². The molecule has 1 unspecified atom stereocenters. The Morgan fingerprint density at radius 2 is 0.648 bits per heavy atom. The lowest BCUT2D eigenvalue weighted by Gasteiger charge is -2.18. The van der Waals surface area contributed by atoms with E-state index in [2.05, 4.69) is 32.9 Å². The number of ether oxygens (including phenoxy) is 3. The lowest BCUT2D eigenvalue weighted by Crippen LogP contribution is -2.30. The van der Waals surface area contributed by atoms with Crippen LogP contribution in [-0.4, -0.2) is 37.2 Å². The van der Waals surface area contributed by atoms with E-state index >= 15 is 0 Å². The molecule has 0 bridgehead atoms. The molecule has 6 nitrogen and oxygen atoms in total. The highest BCUT2D eigenvalue weighted by atomic mass is 16.6. The highest BCUT2D eigenvalue weighted by Gasteiger charge is 2.19. The first-order valence-corrected chi connectivity index (χ1v) is 23.7. The number of carbonyl (C=O) groups excluding carboxylic acids is 3.